The van der Waals surface area contributed by atoms with Crippen LogP contribution in [0.3, 0.4) is 0 Å². The zero-order chi connectivity index (χ0) is 17.4. The van der Waals surface area contributed by atoms with Gasteiger partial charge in [-0.3, -0.25) is 0 Å². The van der Waals surface area contributed by atoms with Crippen molar-refractivity contribution in [1.29, 1.82) is 0 Å². The fraction of sp³-hybridized carbons (Fsp3) is 0.600. The molecule has 0 aliphatic rings. The zero-order valence-electron chi connectivity index (χ0n) is 13.2. The molecule has 23 heavy (non-hydrogen) atoms. The van der Waals surface area contributed by atoms with Gasteiger partial charge in [0.05, 0.1) is 12.3 Å². The Morgan fingerprint density at radius 2 is 2.04 bits per heavy atom. The number of ether oxygens (including phenoxy) is 2. The molecule has 1 atom stereocenters. The van der Waals surface area contributed by atoms with E-state index in [9.17, 15) is 9.18 Å². The van der Waals surface area contributed by atoms with Gasteiger partial charge in [-0.2, -0.15) is 9.37 Å². The third kappa shape index (κ3) is 6.03. The van der Waals surface area contributed by atoms with Gasteiger partial charge in [0.2, 0.25) is 11.8 Å². The van der Waals surface area contributed by atoms with E-state index in [0.717, 1.165) is 25.7 Å². The summed E-state index contributed by atoms with van der Waals surface area (Å²) in [5.74, 6) is -1.56. The Bertz CT molecular complexity index is 544. The maximum absolute atomic E-state index is 13.4. The molecule has 0 saturated heterocycles. The maximum Gasteiger partial charge on any atom is 0.344 e. The molecule has 0 aliphatic heterocycles. The summed E-state index contributed by atoms with van der Waals surface area (Å²) in [7, 11) is 0. The summed E-state index contributed by atoms with van der Waals surface area (Å²) in [6.07, 6.45) is 4.13. The van der Waals surface area contributed by atoms with Crippen molar-refractivity contribution in [3.8, 4) is 5.88 Å². The van der Waals surface area contributed by atoms with Crippen LogP contribution in [0.4, 0.5) is 10.1 Å². The number of carbonyl (C=O) groups excluding carboxylic acids is 1. The van der Waals surface area contributed by atoms with Crippen molar-refractivity contribution in [1.82, 2.24) is 4.98 Å². The quantitative estimate of drug-likeness (QED) is 0.522. The predicted molar refractivity (Wildman–Crippen MR) is 88.4 cm³/mol. The van der Waals surface area contributed by atoms with E-state index in [1.165, 1.54) is 0 Å². The molecule has 0 aliphatic carbocycles. The first-order valence-corrected chi connectivity index (χ1v) is 8.24. The molecule has 2 N–H and O–H groups in total. The van der Waals surface area contributed by atoms with Crippen LogP contribution in [0, 0.1) is 11.9 Å². The van der Waals surface area contributed by atoms with Crippen LogP contribution in [-0.4, -0.2) is 24.2 Å². The Labute approximate surface area is 145 Å². The normalized spacial score (nSPS) is 12.0. The van der Waals surface area contributed by atoms with Crippen molar-refractivity contribution in [2.75, 3.05) is 18.9 Å². The van der Waals surface area contributed by atoms with Gasteiger partial charge >= 0.3 is 5.97 Å². The molecule has 1 rings (SSSR count). The van der Waals surface area contributed by atoms with Crippen LogP contribution in [0.15, 0.2) is 0 Å². The molecule has 0 fully saturated rings. The van der Waals surface area contributed by atoms with Gasteiger partial charge in [-0.05, 0) is 12.3 Å². The summed E-state index contributed by atoms with van der Waals surface area (Å²) >= 11 is 11.4. The molecule has 0 saturated carbocycles. The SMILES string of the molecule is CCCCC(CC)COC(=O)COc1nc(F)c(Cl)c(N)c1Cl. The molecule has 130 valence electrons. The van der Waals surface area contributed by atoms with E-state index in [-0.39, 0.29) is 21.6 Å². The first kappa shape index (κ1) is 19.8. The number of esters is 1. The largest absolute Gasteiger partial charge is 0.464 e. The first-order chi connectivity index (χ1) is 10.9. The van der Waals surface area contributed by atoms with Crippen molar-refractivity contribution < 1.29 is 18.7 Å². The fourth-order valence-corrected chi connectivity index (χ4v) is 2.26. The highest BCUT2D eigenvalue weighted by Gasteiger charge is 2.18. The van der Waals surface area contributed by atoms with Crippen LogP contribution >= 0.6 is 23.2 Å². The van der Waals surface area contributed by atoms with Crippen molar-refractivity contribution >= 4 is 34.9 Å². The van der Waals surface area contributed by atoms with Gasteiger partial charge in [-0.25, -0.2) is 4.79 Å². The minimum atomic E-state index is -1.01. The third-order valence-electron chi connectivity index (χ3n) is 3.39. The number of anilines is 1. The van der Waals surface area contributed by atoms with Gasteiger partial charge < -0.3 is 15.2 Å². The highest BCUT2D eigenvalue weighted by Crippen LogP contribution is 2.35. The van der Waals surface area contributed by atoms with Gasteiger partial charge in [-0.1, -0.05) is 56.3 Å². The number of carbonyl (C=O) groups is 1. The lowest BCUT2D eigenvalue weighted by Gasteiger charge is -2.15. The molecular weight excluding hydrogens is 346 g/mol. The number of aromatic nitrogens is 1. The predicted octanol–water partition coefficient (Wildman–Crippen LogP) is 4.25. The number of nitrogen functional groups attached to an aromatic ring is 1. The molecule has 1 unspecified atom stereocenters. The molecule has 1 heterocycles. The van der Waals surface area contributed by atoms with Gasteiger partial charge in [-0.15, -0.1) is 0 Å². The second-order valence-electron chi connectivity index (χ2n) is 5.14. The zero-order valence-corrected chi connectivity index (χ0v) is 14.7. The summed E-state index contributed by atoms with van der Waals surface area (Å²) in [5.41, 5.74) is 5.33. The second-order valence-corrected chi connectivity index (χ2v) is 5.89. The summed E-state index contributed by atoms with van der Waals surface area (Å²) in [6.45, 7) is 4.06. The average Bonchev–Trinajstić information content (AvgIpc) is 2.55. The number of nitrogens with zero attached hydrogens (tertiary/aromatic N) is 1. The number of rotatable bonds is 9. The lowest BCUT2D eigenvalue weighted by Crippen LogP contribution is -2.20. The Kier molecular flexibility index (Phi) is 8.41. The van der Waals surface area contributed by atoms with Gasteiger partial charge in [0.1, 0.15) is 10.0 Å². The van der Waals surface area contributed by atoms with Crippen molar-refractivity contribution in [2.24, 2.45) is 5.92 Å². The monoisotopic (exact) mass is 366 g/mol. The van der Waals surface area contributed by atoms with E-state index in [2.05, 4.69) is 11.9 Å². The second kappa shape index (κ2) is 9.78. The highest BCUT2D eigenvalue weighted by atomic mass is 35.5. The lowest BCUT2D eigenvalue weighted by atomic mass is 10.0. The first-order valence-electron chi connectivity index (χ1n) is 7.49. The Balaban J connectivity index is 2.51. The Morgan fingerprint density at radius 1 is 1.35 bits per heavy atom. The van der Waals surface area contributed by atoms with E-state index in [0.29, 0.717) is 12.5 Å². The summed E-state index contributed by atoms with van der Waals surface area (Å²) < 4.78 is 23.6. The van der Waals surface area contributed by atoms with E-state index in [4.69, 9.17) is 38.4 Å². The molecular formula is C15H21Cl2FN2O3. The van der Waals surface area contributed by atoms with Crippen LogP contribution < -0.4 is 10.5 Å². The van der Waals surface area contributed by atoms with Crippen LogP contribution in [0.2, 0.25) is 10.0 Å². The fourth-order valence-electron chi connectivity index (χ4n) is 1.88. The number of hydrogen-bond acceptors (Lipinski definition) is 5. The van der Waals surface area contributed by atoms with Gasteiger partial charge in [0.15, 0.2) is 6.61 Å². The molecule has 0 aromatic carbocycles. The van der Waals surface area contributed by atoms with Crippen molar-refractivity contribution in [3.05, 3.63) is 16.0 Å². The van der Waals surface area contributed by atoms with Crippen LogP contribution in [-0.2, 0) is 9.53 Å². The number of pyridine rings is 1. The number of halogens is 3. The van der Waals surface area contributed by atoms with Crippen LogP contribution in [0.25, 0.3) is 0 Å². The smallest absolute Gasteiger partial charge is 0.344 e. The summed E-state index contributed by atoms with van der Waals surface area (Å²) in [4.78, 5) is 15.1. The molecule has 8 heteroatoms. The lowest BCUT2D eigenvalue weighted by molar-refractivity contribution is -0.147. The molecule has 0 spiro atoms. The molecule has 5 nitrogen and oxygen atoms in total. The number of unbranched alkanes of at least 4 members (excludes halogenated alkanes) is 1. The van der Waals surface area contributed by atoms with Gasteiger partial charge in [0, 0.05) is 0 Å². The topological polar surface area (TPSA) is 74.4 Å². The third-order valence-corrected chi connectivity index (χ3v) is 4.12. The Morgan fingerprint density at radius 3 is 2.65 bits per heavy atom. The van der Waals surface area contributed by atoms with Crippen LogP contribution in [0.1, 0.15) is 39.5 Å². The molecule has 1 aromatic heterocycles. The summed E-state index contributed by atoms with van der Waals surface area (Å²) in [6, 6.07) is 0. The van der Waals surface area contributed by atoms with Crippen molar-refractivity contribution in [3.63, 3.8) is 0 Å². The number of nitrogens with two attached hydrogens (primary N) is 1. The molecule has 1 aromatic rings. The van der Waals surface area contributed by atoms with E-state index in [1.807, 2.05) is 6.92 Å². The van der Waals surface area contributed by atoms with E-state index >= 15 is 0 Å². The van der Waals surface area contributed by atoms with Gasteiger partial charge in [0.25, 0.3) is 0 Å². The van der Waals surface area contributed by atoms with E-state index < -0.39 is 18.5 Å². The average molecular weight is 367 g/mol. The number of hydrogen-bond donors (Lipinski definition) is 1. The van der Waals surface area contributed by atoms with Crippen LogP contribution in [0.5, 0.6) is 5.88 Å². The minimum absolute atomic E-state index is 0.140. The van der Waals surface area contributed by atoms with E-state index in [1.54, 1.807) is 0 Å². The maximum atomic E-state index is 13.4. The minimum Gasteiger partial charge on any atom is -0.464 e. The Hall–Kier alpha value is -1.27. The van der Waals surface area contributed by atoms with Crippen molar-refractivity contribution in [2.45, 2.75) is 39.5 Å². The summed E-state index contributed by atoms with van der Waals surface area (Å²) in [5, 5.41) is -0.523. The highest BCUT2D eigenvalue weighted by molar-refractivity contribution is 6.39. The molecule has 0 radical (unpaired) electrons. The standard InChI is InChI=1S/C15H21Cl2FN2O3/c1-3-5-6-9(4-2)7-22-10(21)8-23-15-12(17)13(19)11(16)14(18)20-15/h9H,3-8H2,1-2H3,(H2,19,20). The molecule has 0 amide bonds. The molecule has 0 bridgehead atoms.